The van der Waals surface area contributed by atoms with Crippen molar-refractivity contribution in [3.63, 3.8) is 0 Å². The maximum atomic E-state index is 11.1. The third-order valence-electron chi connectivity index (χ3n) is 2.74. The summed E-state index contributed by atoms with van der Waals surface area (Å²) in [6.45, 7) is 1.03. The third kappa shape index (κ3) is 4.66. The Balaban J connectivity index is 1.81. The number of ether oxygens (including phenoxy) is 1. The number of nitrogens with two attached hydrogens (primary N) is 2. The van der Waals surface area contributed by atoms with Gasteiger partial charge in [-0.15, -0.1) is 0 Å². The number of benzene rings is 2. The van der Waals surface area contributed by atoms with Gasteiger partial charge in [0.15, 0.2) is 0 Å². The number of nitrogen functional groups attached to an aromatic ring is 1. The fraction of sp³-hybridized carbons (Fsp3) is 0.143. The first-order valence-corrected chi connectivity index (χ1v) is 7.85. The molecule has 0 aliphatic rings. The van der Waals surface area contributed by atoms with Crippen LogP contribution in [0.2, 0.25) is 0 Å². The lowest BCUT2D eigenvalue weighted by Crippen LogP contribution is -2.13. The molecule has 112 valence electrons. The van der Waals surface area contributed by atoms with Crippen molar-refractivity contribution in [2.45, 2.75) is 4.90 Å². The van der Waals surface area contributed by atoms with E-state index in [1.165, 1.54) is 12.1 Å². The van der Waals surface area contributed by atoms with Gasteiger partial charge < -0.3 is 15.8 Å². The van der Waals surface area contributed by atoms with Crippen molar-refractivity contribution < 1.29 is 13.2 Å². The van der Waals surface area contributed by atoms with E-state index in [-0.39, 0.29) is 4.90 Å². The van der Waals surface area contributed by atoms with Crippen LogP contribution >= 0.6 is 0 Å². The highest BCUT2D eigenvalue weighted by molar-refractivity contribution is 7.89. The lowest BCUT2D eigenvalue weighted by Gasteiger charge is -2.09. The van der Waals surface area contributed by atoms with Gasteiger partial charge in [-0.2, -0.15) is 0 Å². The van der Waals surface area contributed by atoms with Gasteiger partial charge in [0.05, 0.1) is 4.90 Å². The van der Waals surface area contributed by atoms with Gasteiger partial charge in [-0.3, -0.25) is 0 Å². The summed E-state index contributed by atoms with van der Waals surface area (Å²) in [7, 11) is -3.65. The number of primary sulfonamides is 1. The second-order valence-corrected chi connectivity index (χ2v) is 5.98. The van der Waals surface area contributed by atoms with E-state index in [2.05, 4.69) is 5.32 Å². The SMILES string of the molecule is Nc1cccc(OCCNc2ccc(S(N)(=O)=O)cc2)c1. The predicted molar refractivity (Wildman–Crippen MR) is 82.7 cm³/mol. The fourth-order valence-electron chi connectivity index (χ4n) is 1.73. The third-order valence-corrected chi connectivity index (χ3v) is 3.67. The zero-order valence-electron chi connectivity index (χ0n) is 11.3. The maximum Gasteiger partial charge on any atom is 0.238 e. The highest BCUT2D eigenvalue weighted by Crippen LogP contribution is 2.15. The molecule has 0 aromatic heterocycles. The van der Waals surface area contributed by atoms with E-state index in [0.29, 0.717) is 24.6 Å². The maximum absolute atomic E-state index is 11.1. The second kappa shape index (κ2) is 6.47. The van der Waals surface area contributed by atoms with Crippen molar-refractivity contribution >= 4 is 21.4 Å². The Morgan fingerprint density at radius 2 is 1.81 bits per heavy atom. The molecule has 21 heavy (non-hydrogen) atoms. The van der Waals surface area contributed by atoms with E-state index in [9.17, 15) is 8.42 Å². The Morgan fingerprint density at radius 1 is 1.10 bits per heavy atom. The zero-order valence-corrected chi connectivity index (χ0v) is 12.1. The summed E-state index contributed by atoms with van der Waals surface area (Å²) in [5.41, 5.74) is 7.09. The molecular weight excluding hydrogens is 290 g/mol. The number of sulfonamides is 1. The second-order valence-electron chi connectivity index (χ2n) is 4.42. The van der Waals surface area contributed by atoms with Crippen LogP contribution in [0.15, 0.2) is 53.4 Å². The molecule has 6 nitrogen and oxygen atoms in total. The molecule has 0 aliphatic heterocycles. The first-order valence-electron chi connectivity index (χ1n) is 6.30. The van der Waals surface area contributed by atoms with Crippen LogP contribution in [-0.4, -0.2) is 21.6 Å². The van der Waals surface area contributed by atoms with Crippen LogP contribution < -0.4 is 20.9 Å². The molecular formula is C14H17N3O3S. The Morgan fingerprint density at radius 3 is 2.43 bits per heavy atom. The molecule has 0 radical (unpaired) electrons. The van der Waals surface area contributed by atoms with E-state index in [1.807, 2.05) is 12.1 Å². The van der Waals surface area contributed by atoms with Gasteiger partial charge in [-0.1, -0.05) is 6.07 Å². The average Bonchev–Trinajstić information content (AvgIpc) is 2.43. The summed E-state index contributed by atoms with van der Waals surface area (Å²) in [5.74, 6) is 0.710. The van der Waals surface area contributed by atoms with Gasteiger partial charge in [0, 0.05) is 24.0 Å². The van der Waals surface area contributed by atoms with E-state index in [4.69, 9.17) is 15.6 Å². The van der Waals surface area contributed by atoms with Crippen LogP contribution in [0.4, 0.5) is 11.4 Å². The van der Waals surface area contributed by atoms with E-state index in [0.717, 1.165) is 5.69 Å². The zero-order chi connectivity index (χ0) is 15.3. The summed E-state index contributed by atoms with van der Waals surface area (Å²) >= 11 is 0. The highest BCUT2D eigenvalue weighted by atomic mass is 32.2. The Kier molecular flexibility index (Phi) is 4.66. The van der Waals surface area contributed by atoms with Crippen LogP contribution in [0.25, 0.3) is 0 Å². The minimum Gasteiger partial charge on any atom is -0.492 e. The van der Waals surface area contributed by atoms with E-state index < -0.39 is 10.0 Å². The first kappa shape index (κ1) is 15.1. The van der Waals surface area contributed by atoms with Gasteiger partial charge in [-0.05, 0) is 36.4 Å². The lowest BCUT2D eigenvalue weighted by atomic mass is 10.3. The largest absolute Gasteiger partial charge is 0.492 e. The highest BCUT2D eigenvalue weighted by Gasteiger charge is 2.06. The van der Waals surface area contributed by atoms with E-state index >= 15 is 0 Å². The molecule has 0 saturated heterocycles. The number of rotatable bonds is 6. The molecule has 0 saturated carbocycles. The van der Waals surface area contributed by atoms with Crippen molar-refractivity contribution in [2.75, 3.05) is 24.2 Å². The smallest absolute Gasteiger partial charge is 0.238 e. The lowest BCUT2D eigenvalue weighted by molar-refractivity contribution is 0.333. The molecule has 2 rings (SSSR count). The van der Waals surface area contributed by atoms with Crippen molar-refractivity contribution in [1.82, 2.24) is 0 Å². The Hall–Kier alpha value is -2.25. The average molecular weight is 307 g/mol. The summed E-state index contributed by atoms with van der Waals surface area (Å²) < 4.78 is 27.8. The normalized spacial score (nSPS) is 11.1. The standard InChI is InChI=1S/C14H17N3O3S/c15-11-2-1-3-13(10-11)20-9-8-17-12-4-6-14(7-5-12)21(16,18)19/h1-7,10,17H,8-9,15H2,(H2,16,18,19). The predicted octanol–water partition coefficient (Wildman–Crippen LogP) is 1.41. The van der Waals surface area contributed by atoms with Crippen molar-refractivity contribution in [2.24, 2.45) is 5.14 Å². The molecule has 5 N–H and O–H groups in total. The van der Waals surface area contributed by atoms with Gasteiger partial charge in [0.1, 0.15) is 12.4 Å². The van der Waals surface area contributed by atoms with Crippen LogP contribution in [-0.2, 0) is 10.0 Å². The van der Waals surface area contributed by atoms with Gasteiger partial charge in [-0.25, -0.2) is 13.6 Å². The number of hydrogen-bond acceptors (Lipinski definition) is 5. The van der Waals surface area contributed by atoms with Gasteiger partial charge >= 0.3 is 0 Å². The fourth-order valence-corrected chi connectivity index (χ4v) is 2.25. The molecule has 0 spiro atoms. The molecule has 2 aromatic rings. The monoisotopic (exact) mass is 307 g/mol. The van der Waals surface area contributed by atoms with Crippen LogP contribution in [0, 0.1) is 0 Å². The number of nitrogens with one attached hydrogen (secondary N) is 1. The Bertz CT molecular complexity index is 700. The molecule has 0 atom stereocenters. The van der Waals surface area contributed by atoms with E-state index in [1.54, 1.807) is 24.3 Å². The molecule has 0 bridgehead atoms. The van der Waals surface area contributed by atoms with Gasteiger partial charge in [0.25, 0.3) is 0 Å². The Labute approximate surface area is 123 Å². The molecule has 2 aromatic carbocycles. The minimum atomic E-state index is -3.65. The number of anilines is 2. The summed E-state index contributed by atoms with van der Waals surface area (Å²) in [4.78, 5) is 0.0871. The molecule has 0 aliphatic carbocycles. The number of hydrogen-bond donors (Lipinski definition) is 3. The molecule has 7 heteroatoms. The van der Waals surface area contributed by atoms with Crippen LogP contribution in [0.1, 0.15) is 0 Å². The quantitative estimate of drug-likeness (QED) is 0.552. The van der Waals surface area contributed by atoms with Crippen LogP contribution in [0.3, 0.4) is 0 Å². The summed E-state index contributed by atoms with van der Waals surface area (Å²) in [6, 6.07) is 13.4. The summed E-state index contributed by atoms with van der Waals surface area (Å²) in [5, 5.41) is 8.14. The van der Waals surface area contributed by atoms with Crippen molar-refractivity contribution in [1.29, 1.82) is 0 Å². The minimum absolute atomic E-state index is 0.0871. The topological polar surface area (TPSA) is 107 Å². The molecule has 0 heterocycles. The molecule has 0 unspecified atom stereocenters. The van der Waals surface area contributed by atoms with Crippen molar-refractivity contribution in [3.8, 4) is 5.75 Å². The first-order chi connectivity index (χ1) is 9.95. The van der Waals surface area contributed by atoms with Crippen molar-refractivity contribution in [3.05, 3.63) is 48.5 Å². The summed E-state index contributed by atoms with van der Waals surface area (Å²) in [6.07, 6.45) is 0. The molecule has 0 fully saturated rings. The van der Waals surface area contributed by atoms with Crippen LogP contribution in [0.5, 0.6) is 5.75 Å². The molecule has 0 amide bonds. The van der Waals surface area contributed by atoms with Gasteiger partial charge in [0.2, 0.25) is 10.0 Å².